The number of carbonyl (C=O) groups is 1. The molecule has 2 aromatic carbocycles. The van der Waals surface area contributed by atoms with Gasteiger partial charge in [0, 0.05) is 11.8 Å². The fourth-order valence-corrected chi connectivity index (χ4v) is 3.02. The third-order valence-corrected chi connectivity index (χ3v) is 4.77. The zero-order valence-electron chi connectivity index (χ0n) is 16.4. The Morgan fingerprint density at radius 3 is 2.67 bits per heavy atom. The van der Waals surface area contributed by atoms with Crippen LogP contribution in [-0.4, -0.2) is 47.0 Å². The van der Waals surface area contributed by atoms with E-state index < -0.39 is 0 Å². The van der Waals surface area contributed by atoms with Crippen molar-refractivity contribution in [3.05, 3.63) is 54.1 Å². The van der Waals surface area contributed by atoms with Crippen molar-refractivity contribution in [3.63, 3.8) is 0 Å². The van der Waals surface area contributed by atoms with E-state index in [0.29, 0.717) is 16.6 Å². The number of amides is 1. The topological polar surface area (TPSA) is 129 Å². The van der Waals surface area contributed by atoms with Crippen LogP contribution in [0.4, 0.5) is 11.6 Å². The zero-order chi connectivity index (χ0) is 21.3. The molecular weight excluding hydrogens is 406 g/mol. The lowest BCUT2D eigenvalue weighted by atomic mass is 10.2. The number of rotatable bonds is 9. The van der Waals surface area contributed by atoms with Crippen molar-refractivity contribution in [2.75, 3.05) is 36.6 Å². The molecule has 1 heterocycles. The van der Waals surface area contributed by atoms with Gasteiger partial charge in [-0.25, -0.2) is 10.1 Å². The van der Waals surface area contributed by atoms with Gasteiger partial charge in [0.1, 0.15) is 11.5 Å². The number of nitrogen functional groups attached to an aromatic ring is 1. The fourth-order valence-electron chi connectivity index (χ4n) is 2.37. The lowest BCUT2D eigenvalue weighted by Crippen LogP contribution is -2.16. The quantitative estimate of drug-likeness (QED) is 0.205. The van der Waals surface area contributed by atoms with Gasteiger partial charge < -0.3 is 20.6 Å². The molecule has 0 fully saturated rings. The lowest BCUT2D eigenvalue weighted by molar-refractivity contribution is -0.113. The molecule has 1 aromatic heterocycles. The Morgan fingerprint density at radius 1 is 1.17 bits per heavy atom. The molecule has 0 radical (unpaired) electrons. The first-order valence-electron chi connectivity index (χ1n) is 8.79. The minimum atomic E-state index is -0.207. The summed E-state index contributed by atoms with van der Waals surface area (Å²) in [6, 6.07) is 14.5. The van der Waals surface area contributed by atoms with E-state index in [4.69, 9.17) is 15.3 Å². The number of hydrogen-bond donors (Lipinski definition) is 3. The van der Waals surface area contributed by atoms with E-state index in [1.54, 1.807) is 44.7 Å². The van der Waals surface area contributed by atoms with Crippen LogP contribution in [0.15, 0.2) is 58.8 Å². The minimum Gasteiger partial charge on any atom is -0.497 e. The summed E-state index contributed by atoms with van der Waals surface area (Å²) >= 11 is 1.15. The minimum absolute atomic E-state index is 0.111. The number of aromatic nitrogens is 3. The number of nitrogens with zero attached hydrogens (tertiary/aromatic N) is 4. The molecule has 156 valence electrons. The molecule has 4 N–H and O–H groups in total. The Balaban J connectivity index is 1.53. The van der Waals surface area contributed by atoms with Crippen LogP contribution in [0.3, 0.4) is 0 Å². The van der Waals surface area contributed by atoms with E-state index in [2.05, 4.69) is 26.0 Å². The number of methoxy groups -OCH3 is 2. The fraction of sp³-hybridized carbons (Fsp3) is 0.158. The van der Waals surface area contributed by atoms with Gasteiger partial charge in [0.05, 0.1) is 26.2 Å². The van der Waals surface area contributed by atoms with Crippen LogP contribution in [0, 0.1) is 0 Å². The number of thioether (sulfide) groups is 1. The number of nitrogens with one attached hydrogen (secondary N) is 2. The molecule has 10 nitrogen and oxygen atoms in total. The number of hydrogen-bond acceptors (Lipinski definition) is 9. The van der Waals surface area contributed by atoms with Gasteiger partial charge in [-0.15, -0.1) is 10.2 Å². The average Bonchev–Trinajstić information content (AvgIpc) is 3.12. The molecule has 0 aliphatic rings. The summed E-state index contributed by atoms with van der Waals surface area (Å²) < 4.78 is 11.5. The van der Waals surface area contributed by atoms with Crippen molar-refractivity contribution in [1.82, 2.24) is 14.9 Å². The van der Waals surface area contributed by atoms with E-state index in [-0.39, 0.29) is 17.6 Å². The Morgan fingerprint density at radius 2 is 1.90 bits per heavy atom. The molecule has 3 aromatic rings. The van der Waals surface area contributed by atoms with Crippen LogP contribution >= 0.6 is 11.8 Å². The highest BCUT2D eigenvalue weighted by atomic mass is 32.2. The first-order valence-corrected chi connectivity index (χ1v) is 9.78. The maximum Gasteiger partial charge on any atom is 0.264 e. The van der Waals surface area contributed by atoms with Gasteiger partial charge in [-0.2, -0.15) is 5.10 Å². The molecule has 3 rings (SSSR count). The third kappa shape index (κ3) is 5.64. The summed E-state index contributed by atoms with van der Waals surface area (Å²) in [6.45, 7) is 0. The second-order valence-corrected chi connectivity index (χ2v) is 6.83. The summed E-state index contributed by atoms with van der Waals surface area (Å²) in [5.74, 6) is 7.50. The maximum absolute atomic E-state index is 12.2. The van der Waals surface area contributed by atoms with Gasteiger partial charge in [0.25, 0.3) is 5.95 Å². The number of carbonyl (C=O) groups excluding carboxylic acids is 1. The number of nitrogens with two attached hydrogens (primary N) is 1. The first-order chi connectivity index (χ1) is 14.6. The number of anilines is 2. The Bertz CT molecular complexity index is 1040. The van der Waals surface area contributed by atoms with E-state index in [1.165, 1.54) is 4.68 Å². The molecule has 0 atom stereocenters. The van der Waals surface area contributed by atoms with Gasteiger partial charge in [-0.1, -0.05) is 30.0 Å². The lowest BCUT2D eigenvalue weighted by Gasteiger charge is -2.07. The van der Waals surface area contributed by atoms with Crippen molar-refractivity contribution >= 4 is 35.5 Å². The van der Waals surface area contributed by atoms with Crippen LogP contribution in [0.5, 0.6) is 11.5 Å². The molecule has 0 aliphatic heterocycles. The number of ether oxygens (including phenoxy) is 2. The summed E-state index contributed by atoms with van der Waals surface area (Å²) in [7, 11) is 3.17. The van der Waals surface area contributed by atoms with E-state index in [9.17, 15) is 4.79 Å². The highest BCUT2D eigenvalue weighted by Crippen LogP contribution is 2.19. The van der Waals surface area contributed by atoms with Gasteiger partial charge in [-0.3, -0.25) is 4.79 Å². The van der Waals surface area contributed by atoms with Crippen LogP contribution < -0.4 is 26.1 Å². The van der Waals surface area contributed by atoms with Crippen LogP contribution in [0.1, 0.15) is 5.56 Å². The highest BCUT2D eigenvalue weighted by molar-refractivity contribution is 7.99. The molecular formula is C19H21N7O3S. The van der Waals surface area contributed by atoms with E-state index in [0.717, 1.165) is 23.1 Å². The molecule has 11 heteroatoms. The monoisotopic (exact) mass is 427 g/mol. The Hall–Kier alpha value is -3.73. The summed E-state index contributed by atoms with van der Waals surface area (Å²) in [6.07, 6.45) is 1.60. The van der Waals surface area contributed by atoms with Crippen molar-refractivity contribution in [3.8, 4) is 11.5 Å². The summed E-state index contributed by atoms with van der Waals surface area (Å²) in [5, 5.41) is 15.2. The molecule has 0 spiro atoms. The SMILES string of the molecule is COc1cccc(/C=N/Nc2nnc(SCC(=O)Nc3cccc(OC)c3)n2N)c1. The third-order valence-electron chi connectivity index (χ3n) is 3.82. The molecule has 0 saturated heterocycles. The molecule has 0 bridgehead atoms. The van der Waals surface area contributed by atoms with Crippen LogP contribution in [0.25, 0.3) is 0 Å². The zero-order valence-corrected chi connectivity index (χ0v) is 17.2. The molecule has 1 amide bonds. The van der Waals surface area contributed by atoms with Crippen molar-refractivity contribution in [2.45, 2.75) is 5.16 Å². The van der Waals surface area contributed by atoms with Crippen molar-refractivity contribution in [2.24, 2.45) is 5.10 Å². The number of hydrazone groups is 1. The highest BCUT2D eigenvalue weighted by Gasteiger charge is 2.12. The molecule has 0 aliphatic carbocycles. The normalized spacial score (nSPS) is 10.7. The molecule has 0 unspecified atom stereocenters. The van der Waals surface area contributed by atoms with Gasteiger partial charge in [0.15, 0.2) is 0 Å². The summed E-state index contributed by atoms with van der Waals surface area (Å²) in [4.78, 5) is 12.2. The maximum atomic E-state index is 12.2. The Labute approximate surface area is 177 Å². The van der Waals surface area contributed by atoms with Crippen LogP contribution in [-0.2, 0) is 4.79 Å². The smallest absolute Gasteiger partial charge is 0.264 e. The van der Waals surface area contributed by atoms with E-state index >= 15 is 0 Å². The van der Waals surface area contributed by atoms with Crippen LogP contribution in [0.2, 0.25) is 0 Å². The number of benzene rings is 2. The van der Waals surface area contributed by atoms with Gasteiger partial charge >= 0.3 is 0 Å². The standard InChI is InChI=1S/C19H21N7O3S/c1-28-15-7-3-5-13(9-15)11-21-23-18-24-25-19(26(18)20)30-12-17(27)22-14-6-4-8-16(10-14)29-2/h3-11H,12,20H2,1-2H3,(H,22,27)(H,23,24)/b21-11+. The predicted octanol–water partition coefficient (Wildman–Crippen LogP) is 2.19. The van der Waals surface area contributed by atoms with Crippen molar-refractivity contribution in [1.29, 1.82) is 0 Å². The van der Waals surface area contributed by atoms with Gasteiger partial charge in [0.2, 0.25) is 11.1 Å². The summed E-state index contributed by atoms with van der Waals surface area (Å²) in [5.41, 5.74) is 4.21. The average molecular weight is 427 g/mol. The molecule has 30 heavy (non-hydrogen) atoms. The second kappa shape index (κ2) is 10.2. The molecule has 0 saturated carbocycles. The first kappa shape index (κ1) is 21.0. The van der Waals surface area contributed by atoms with Gasteiger partial charge in [-0.05, 0) is 29.8 Å². The van der Waals surface area contributed by atoms with Crippen molar-refractivity contribution < 1.29 is 14.3 Å². The second-order valence-electron chi connectivity index (χ2n) is 5.89. The largest absolute Gasteiger partial charge is 0.497 e. The predicted molar refractivity (Wildman–Crippen MR) is 117 cm³/mol. The van der Waals surface area contributed by atoms with E-state index in [1.807, 2.05) is 24.3 Å². The Kier molecular flexibility index (Phi) is 7.11.